The average Bonchev–Trinajstić information content (AvgIpc) is 3.32. The molecule has 0 spiro atoms. The molecular weight excluding hydrogens is 462 g/mol. The number of nitrogens with one attached hydrogen (secondary N) is 1. The van der Waals surface area contributed by atoms with Crippen LogP contribution in [0.5, 0.6) is 0 Å². The number of anilines is 1. The van der Waals surface area contributed by atoms with E-state index >= 15 is 0 Å². The molecule has 190 valence electrons. The lowest BCUT2D eigenvalue weighted by molar-refractivity contribution is -0.141. The van der Waals surface area contributed by atoms with Crippen LogP contribution >= 0.6 is 0 Å². The van der Waals surface area contributed by atoms with Crippen LogP contribution in [0.15, 0.2) is 54.6 Å². The number of aryl methyl sites for hydroxylation is 1. The Morgan fingerprint density at radius 1 is 1.06 bits per heavy atom. The van der Waals surface area contributed by atoms with Gasteiger partial charge in [-0.1, -0.05) is 55.3 Å². The molecule has 1 aliphatic carbocycles. The normalized spacial score (nSPS) is 14.9. The highest BCUT2D eigenvalue weighted by atomic mass is 32.2. The number of benzene rings is 2. The van der Waals surface area contributed by atoms with Crippen LogP contribution in [0.25, 0.3) is 0 Å². The van der Waals surface area contributed by atoms with E-state index in [-0.39, 0.29) is 30.8 Å². The molecule has 0 aliphatic heterocycles. The summed E-state index contributed by atoms with van der Waals surface area (Å²) in [5, 5.41) is 3.10. The van der Waals surface area contributed by atoms with Crippen molar-refractivity contribution < 1.29 is 18.0 Å². The second kappa shape index (κ2) is 12.2. The van der Waals surface area contributed by atoms with E-state index in [0.717, 1.165) is 36.8 Å². The lowest BCUT2D eigenvalue weighted by Gasteiger charge is -2.30. The number of amides is 2. The molecule has 3 rings (SSSR count). The summed E-state index contributed by atoms with van der Waals surface area (Å²) in [5.41, 5.74) is 2.49. The number of hydrogen-bond acceptors (Lipinski definition) is 4. The quantitative estimate of drug-likeness (QED) is 0.506. The van der Waals surface area contributed by atoms with Gasteiger partial charge in [0, 0.05) is 25.6 Å². The molecule has 0 bridgehead atoms. The minimum atomic E-state index is -3.50. The lowest BCUT2D eigenvalue weighted by Crippen LogP contribution is -2.49. The van der Waals surface area contributed by atoms with Crippen LogP contribution in [0.3, 0.4) is 0 Å². The van der Waals surface area contributed by atoms with Crippen molar-refractivity contribution in [3.05, 3.63) is 65.7 Å². The zero-order valence-electron chi connectivity index (χ0n) is 20.9. The topological polar surface area (TPSA) is 86.8 Å². The molecule has 0 heterocycles. The average molecular weight is 500 g/mol. The first-order valence-electron chi connectivity index (χ1n) is 12.3. The van der Waals surface area contributed by atoms with Gasteiger partial charge >= 0.3 is 0 Å². The summed E-state index contributed by atoms with van der Waals surface area (Å²) in [6.45, 7) is 4.19. The van der Waals surface area contributed by atoms with Crippen LogP contribution in [-0.4, -0.2) is 50.0 Å². The van der Waals surface area contributed by atoms with E-state index in [1.54, 1.807) is 17.9 Å². The second-order valence-corrected chi connectivity index (χ2v) is 11.4. The second-order valence-electron chi connectivity index (χ2n) is 9.45. The van der Waals surface area contributed by atoms with Gasteiger partial charge in [-0.25, -0.2) is 8.42 Å². The van der Waals surface area contributed by atoms with Gasteiger partial charge in [0.1, 0.15) is 6.04 Å². The number of rotatable bonds is 11. The number of carbonyl (C=O) groups is 2. The molecule has 35 heavy (non-hydrogen) atoms. The molecule has 1 atom stereocenters. The zero-order valence-corrected chi connectivity index (χ0v) is 21.8. The van der Waals surface area contributed by atoms with Crippen molar-refractivity contribution in [2.24, 2.45) is 0 Å². The van der Waals surface area contributed by atoms with Crippen LogP contribution in [0, 0.1) is 6.92 Å². The summed E-state index contributed by atoms with van der Waals surface area (Å²) >= 11 is 0. The van der Waals surface area contributed by atoms with Crippen molar-refractivity contribution in [3.63, 3.8) is 0 Å². The number of sulfonamides is 1. The maximum absolute atomic E-state index is 13.3. The third-order valence-corrected chi connectivity index (χ3v) is 7.70. The standard InChI is InChI=1S/C27H37N3O4S/c1-21-11-9-16-25(19-21)30(35(3,33)34)18-10-17-26(31)29(20-23-12-5-4-6-13-23)22(2)27(32)28-24-14-7-8-15-24/h4-6,9,11-13,16,19,22,24H,7-8,10,14-15,17-18,20H2,1-3H3,(H,28,32)/t22-/m0/s1. The lowest BCUT2D eigenvalue weighted by atomic mass is 10.1. The van der Waals surface area contributed by atoms with Crippen molar-refractivity contribution in [2.75, 3.05) is 17.1 Å². The Labute approximate surface area is 209 Å². The zero-order chi connectivity index (χ0) is 25.4. The molecule has 0 radical (unpaired) electrons. The Hall–Kier alpha value is -2.87. The van der Waals surface area contributed by atoms with Gasteiger partial charge in [0.15, 0.2) is 0 Å². The summed E-state index contributed by atoms with van der Waals surface area (Å²) in [7, 11) is -3.50. The highest BCUT2D eigenvalue weighted by Gasteiger charge is 2.28. The van der Waals surface area contributed by atoms with Crippen LogP contribution in [0.1, 0.15) is 56.6 Å². The third kappa shape index (κ3) is 7.82. The van der Waals surface area contributed by atoms with Gasteiger partial charge in [-0.2, -0.15) is 0 Å². The molecule has 2 aromatic carbocycles. The van der Waals surface area contributed by atoms with E-state index in [1.165, 1.54) is 10.6 Å². The van der Waals surface area contributed by atoms with Crippen molar-refractivity contribution in [2.45, 2.75) is 71.0 Å². The van der Waals surface area contributed by atoms with E-state index in [0.29, 0.717) is 18.7 Å². The molecule has 2 aromatic rings. The van der Waals surface area contributed by atoms with Crippen molar-refractivity contribution in [1.29, 1.82) is 0 Å². The summed E-state index contributed by atoms with van der Waals surface area (Å²) in [6, 6.07) is 16.5. The molecule has 0 saturated heterocycles. The Balaban J connectivity index is 1.69. The molecule has 0 unspecified atom stereocenters. The molecule has 1 fully saturated rings. The Bertz CT molecular complexity index is 1100. The maximum atomic E-state index is 13.3. The molecule has 1 N–H and O–H groups in total. The number of hydrogen-bond donors (Lipinski definition) is 1. The van der Waals surface area contributed by atoms with Crippen LogP contribution < -0.4 is 9.62 Å². The van der Waals surface area contributed by atoms with Gasteiger partial charge in [-0.3, -0.25) is 13.9 Å². The largest absolute Gasteiger partial charge is 0.352 e. The van der Waals surface area contributed by atoms with Crippen molar-refractivity contribution in [1.82, 2.24) is 10.2 Å². The molecule has 1 aliphatic rings. The van der Waals surface area contributed by atoms with E-state index in [4.69, 9.17) is 0 Å². The van der Waals surface area contributed by atoms with Gasteiger partial charge in [0.25, 0.3) is 0 Å². The summed E-state index contributed by atoms with van der Waals surface area (Å²) in [4.78, 5) is 27.9. The van der Waals surface area contributed by atoms with Crippen LogP contribution in [0.2, 0.25) is 0 Å². The smallest absolute Gasteiger partial charge is 0.242 e. The third-order valence-electron chi connectivity index (χ3n) is 6.51. The molecular formula is C27H37N3O4S. The fourth-order valence-electron chi connectivity index (χ4n) is 4.54. The molecule has 8 heteroatoms. The highest BCUT2D eigenvalue weighted by molar-refractivity contribution is 7.92. The van der Waals surface area contributed by atoms with Gasteiger partial charge in [-0.05, 0) is 56.4 Å². The highest BCUT2D eigenvalue weighted by Crippen LogP contribution is 2.21. The van der Waals surface area contributed by atoms with Gasteiger partial charge in [-0.15, -0.1) is 0 Å². The fourth-order valence-corrected chi connectivity index (χ4v) is 5.50. The predicted molar refractivity (Wildman–Crippen MR) is 139 cm³/mol. The van der Waals surface area contributed by atoms with Gasteiger partial charge < -0.3 is 10.2 Å². The van der Waals surface area contributed by atoms with E-state index < -0.39 is 16.1 Å². The monoisotopic (exact) mass is 499 g/mol. The first-order valence-corrected chi connectivity index (χ1v) is 14.2. The van der Waals surface area contributed by atoms with E-state index in [9.17, 15) is 18.0 Å². The van der Waals surface area contributed by atoms with Gasteiger partial charge in [0.05, 0.1) is 11.9 Å². The summed E-state index contributed by atoms with van der Waals surface area (Å²) < 4.78 is 26.2. The summed E-state index contributed by atoms with van der Waals surface area (Å²) in [6.07, 6.45) is 5.85. The Morgan fingerprint density at radius 3 is 2.37 bits per heavy atom. The Morgan fingerprint density at radius 2 is 1.74 bits per heavy atom. The van der Waals surface area contributed by atoms with Crippen molar-refractivity contribution >= 4 is 27.5 Å². The number of nitrogens with zero attached hydrogens (tertiary/aromatic N) is 2. The van der Waals surface area contributed by atoms with Crippen LogP contribution in [0.4, 0.5) is 5.69 Å². The van der Waals surface area contributed by atoms with E-state index in [1.807, 2.05) is 55.5 Å². The van der Waals surface area contributed by atoms with Gasteiger partial charge in [0.2, 0.25) is 21.8 Å². The first-order chi connectivity index (χ1) is 16.6. The molecule has 0 aromatic heterocycles. The summed E-state index contributed by atoms with van der Waals surface area (Å²) in [5.74, 6) is -0.306. The van der Waals surface area contributed by atoms with E-state index in [2.05, 4.69) is 5.32 Å². The molecule has 1 saturated carbocycles. The SMILES string of the molecule is Cc1cccc(N(CCCC(=O)N(Cc2ccccc2)[C@@H](C)C(=O)NC2CCCC2)S(C)(=O)=O)c1. The van der Waals surface area contributed by atoms with Crippen molar-refractivity contribution in [3.8, 4) is 0 Å². The fraction of sp³-hybridized carbons (Fsp3) is 0.481. The minimum absolute atomic E-state index is 0.140. The van der Waals surface area contributed by atoms with Crippen LogP contribution in [-0.2, 0) is 26.2 Å². The molecule has 7 nitrogen and oxygen atoms in total. The molecule has 2 amide bonds. The number of carbonyl (C=O) groups excluding carboxylic acids is 2. The first kappa shape index (κ1) is 26.7. The maximum Gasteiger partial charge on any atom is 0.242 e. The minimum Gasteiger partial charge on any atom is -0.352 e. The predicted octanol–water partition coefficient (Wildman–Crippen LogP) is 4.02. The Kier molecular flexibility index (Phi) is 9.32.